The lowest BCUT2D eigenvalue weighted by molar-refractivity contribution is -0.146. The van der Waals surface area contributed by atoms with Crippen LogP contribution in [-0.2, 0) is 22.5 Å². The van der Waals surface area contributed by atoms with Crippen LogP contribution in [0.3, 0.4) is 0 Å². The minimum Gasteiger partial charge on any atom is -0.497 e. The molecule has 23 heavy (non-hydrogen) atoms. The number of ether oxygens (including phenoxy) is 3. The lowest BCUT2D eigenvalue weighted by Gasteiger charge is -2.19. The molecule has 0 aliphatic carbocycles. The van der Waals surface area contributed by atoms with Gasteiger partial charge < -0.3 is 14.2 Å². The molecule has 0 radical (unpaired) electrons. The number of aromatic nitrogens is 3. The Bertz CT molecular complexity index is 704. The average Bonchev–Trinajstić information content (AvgIpc) is 3.03. The summed E-state index contributed by atoms with van der Waals surface area (Å²) >= 11 is 0. The zero-order chi connectivity index (χ0) is 16.4. The maximum Gasteiger partial charge on any atom is 0.309 e. The van der Waals surface area contributed by atoms with Crippen LogP contribution in [0, 0.1) is 5.92 Å². The van der Waals surface area contributed by atoms with E-state index in [0.717, 1.165) is 11.4 Å². The van der Waals surface area contributed by atoms with Gasteiger partial charge in [0, 0.05) is 24.6 Å². The molecule has 0 amide bonds. The Hall–Kier alpha value is -2.57. The Balaban J connectivity index is 1.92. The van der Waals surface area contributed by atoms with E-state index in [-0.39, 0.29) is 11.9 Å². The molecule has 2 heterocycles. The second kappa shape index (κ2) is 6.28. The average molecular weight is 317 g/mol. The first-order chi connectivity index (χ1) is 11.1. The summed E-state index contributed by atoms with van der Waals surface area (Å²) in [5.74, 6) is 2.42. The molecule has 1 unspecified atom stereocenters. The predicted molar refractivity (Wildman–Crippen MR) is 82.4 cm³/mol. The summed E-state index contributed by atoms with van der Waals surface area (Å²) < 4.78 is 17.2. The molecule has 1 aromatic carbocycles. The van der Waals surface area contributed by atoms with Crippen LogP contribution < -0.4 is 9.47 Å². The maximum atomic E-state index is 11.7. The zero-order valence-corrected chi connectivity index (χ0v) is 13.4. The van der Waals surface area contributed by atoms with E-state index in [9.17, 15) is 4.79 Å². The van der Waals surface area contributed by atoms with Gasteiger partial charge in [0.05, 0.1) is 27.2 Å². The largest absolute Gasteiger partial charge is 0.497 e. The number of rotatable bonds is 4. The molecule has 0 saturated heterocycles. The second-order valence-electron chi connectivity index (χ2n) is 5.39. The topological polar surface area (TPSA) is 75.5 Å². The van der Waals surface area contributed by atoms with Gasteiger partial charge in [-0.05, 0) is 18.6 Å². The summed E-state index contributed by atoms with van der Waals surface area (Å²) in [6.07, 6.45) is 1.25. The van der Waals surface area contributed by atoms with Crippen LogP contribution in [-0.4, -0.2) is 42.1 Å². The van der Waals surface area contributed by atoms with Crippen LogP contribution >= 0.6 is 0 Å². The third-order valence-electron chi connectivity index (χ3n) is 4.01. The molecule has 0 fully saturated rings. The van der Waals surface area contributed by atoms with Crippen molar-refractivity contribution in [2.75, 3.05) is 21.3 Å². The number of nitrogens with zero attached hydrogens (tertiary/aromatic N) is 3. The highest BCUT2D eigenvalue weighted by molar-refractivity contribution is 5.72. The van der Waals surface area contributed by atoms with Crippen molar-refractivity contribution in [1.29, 1.82) is 0 Å². The van der Waals surface area contributed by atoms with Gasteiger partial charge in [-0.2, -0.15) is 5.10 Å². The number of methoxy groups -OCH3 is 3. The summed E-state index contributed by atoms with van der Waals surface area (Å²) in [5.41, 5.74) is 0.817. The van der Waals surface area contributed by atoms with Gasteiger partial charge in [0.25, 0.3) is 0 Å². The Morgan fingerprint density at radius 3 is 2.48 bits per heavy atom. The lowest BCUT2D eigenvalue weighted by Crippen LogP contribution is -2.27. The summed E-state index contributed by atoms with van der Waals surface area (Å²) in [6.45, 7) is 0.656. The van der Waals surface area contributed by atoms with Crippen molar-refractivity contribution in [2.24, 2.45) is 5.92 Å². The quantitative estimate of drug-likeness (QED) is 0.799. The fraction of sp³-hybridized carbons (Fsp3) is 0.438. The highest BCUT2D eigenvalue weighted by atomic mass is 16.5. The maximum absolute atomic E-state index is 11.7. The number of hydrogen-bond acceptors (Lipinski definition) is 6. The molecule has 3 rings (SSSR count). The molecule has 122 valence electrons. The van der Waals surface area contributed by atoms with Crippen LogP contribution in [0.4, 0.5) is 0 Å². The van der Waals surface area contributed by atoms with Crippen molar-refractivity contribution in [3.63, 3.8) is 0 Å². The minimum atomic E-state index is -0.191. The molecule has 1 aromatic heterocycles. The van der Waals surface area contributed by atoms with Crippen LogP contribution in [0.2, 0.25) is 0 Å². The Labute approximate surface area is 134 Å². The summed E-state index contributed by atoms with van der Waals surface area (Å²) in [6, 6.07) is 5.52. The standard InChI is InChI=1S/C16H19N3O4/c1-21-12-6-11(7-13(9-12)22-2)15-17-14-8-10(16(20)23-3)4-5-19(14)18-15/h6-7,9-10H,4-5,8H2,1-3H3. The van der Waals surface area contributed by atoms with E-state index in [1.807, 2.05) is 16.8 Å². The fourth-order valence-corrected chi connectivity index (χ4v) is 2.73. The van der Waals surface area contributed by atoms with Crippen molar-refractivity contribution in [2.45, 2.75) is 19.4 Å². The highest BCUT2D eigenvalue weighted by Crippen LogP contribution is 2.29. The zero-order valence-electron chi connectivity index (χ0n) is 13.4. The van der Waals surface area contributed by atoms with E-state index in [2.05, 4.69) is 10.1 Å². The van der Waals surface area contributed by atoms with Gasteiger partial charge in [-0.15, -0.1) is 0 Å². The summed E-state index contributed by atoms with van der Waals surface area (Å²) in [7, 11) is 4.62. The first kappa shape index (κ1) is 15.3. The molecule has 0 bridgehead atoms. The monoisotopic (exact) mass is 317 g/mol. The van der Waals surface area contributed by atoms with Crippen molar-refractivity contribution < 1.29 is 19.0 Å². The number of carbonyl (C=O) groups is 1. The minimum absolute atomic E-state index is 0.149. The molecule has 0 saturated carbocycles. The van der Waals surface area contributed by atoms with E-state index < -0.39 is 0 Å². The summed E-state index contributed by atoms with van der Waals surface area (Å²) in [4.78, 5) is 16.3. The van der Waals surface area contributed by atoms with Crippen molar-refractivity contribution >= 4 is 5.97 Å². The predicted octanol–water partition coefficient (Wildman–Crippen LogP) is 1.70. The normalized spacial score (nSPS) is 16.6. The van der Waals surface area contributed by atoms with Crippen LogP contribution in [0.15, 0.2) is 18.2 Å². The molecule has 2 aromatic rings. The van der Waals surface area contributed by atoms with Crippen molar-refractivity contribution in [3.05, 3.63) is 24.0 Å². The van der Waals surface area contributed by atoms with E-state index in [1.165, 1.54) is 7.11 Å². The number of aryl methyl sites for hydroxylation is 1. The Kier molecular flexibility index (Phi) is 4.18. The SMILES string of the molecule is COC(=O)C1CCn2nc(-c3cc(OC)cc(OC)c3)nc2C1. The number of benzene rings is 1. The summed E-state index contributed by atoms with van der Waals surface area (Å²) in [5, 5.41) is 4.53. The fourth-order valence-electron chi connectivity index (χ4n) is 2.73. The van der Waals surface area contributed by atoms with Gasteiger partial charge in [0.15, 0.2) is 5.82 Å². The molecule has 0 N–H and O–H groups in total. The molecule has 7 nitrogen and oxygen atoms in total. The van der Waals surface area contributed by atoms with Gasteiger partial charge in [-0.3, -0.25) is 4.79 Å². The molecule has 0 spiro atoms. The Morgan fingerprint density at radius 1 is 1.17 bits per heavy atom. The van der Waals surface area contributed by atoms with Gasteiger partial charge in [-0.25, -0.2) is 9.67 Å². The van der Waals surface area contributed by atoms with E-state index >= 15 is 0 Å². The van der Waals surface area contributed by atoms with Crippen LogP contribution in [0.25, 0.3) is 11.4 Å². The van der Waals surface area contributed by atoms with Crippen molar-refractivity contribution in [1.82, 2.24) is 14.8 Å². The molecular weight excluding hydrogens is 298 g/mol. The van der Waals surface area contributed by atoms with Gasteiger partial charge in [-0.1, -0.05) is 0 Å². The second-order valence-corrected chi connectivity index (χ2v) is 5.39. The lowest BCUT2D eigenvalue weighted by atomic mass is 9.98. The molecule has 1 atom stereocenters. The highest BCUT2D eigenvalue weighted by Gasteiger charge is 2.28. The molecule has 1 aliphatic rings. The van der Waals surface area contributed by atoms with E-state index in [1.54, 1.807) is 20.3 Å². The first-order valence-electron chi connectivity index (χ1n) is 7.39. The number of esters is 1. The van der Waals surface area contributed by atoms with Crippen LogP contribution in [0.1, 0.15) is 12.2 Å². The van der Waals surface area contributed by atoms with Crippen molar-refractivity contribution in [3.8, 4) is 22.9 Å². The molecular formula is C16H19N3O4. The Morgan fingerprint density at radius 2 is 1.87 bits per heavy atom. The van der Waals surface area contributed by atoms with Gasteiger partial charge in [0.1, 0.15) is 17.3 Å². The first-order valence-corrected chi connectivity index (χ1v) is 7.39. The van der Waals surface area contributed by atoms with E-state index in [0.29, 0.717) is 36.7 Å². The molecule has 1 aliphatic heterocycles. The molecule has 7 heteroatoms. The number of carbonyl (C=O) groups excluding carboxylic acids is 1. The van der Waals surface area contributed by atoms with Gasteiger partial charge in [0.2, 0.25) is 0 Å². The van der Waals surface area contributed by atoms with Crippen LogP contribution in [0.5, 0.6) is 11.5 Å². The van der Waals surface area contributed by atoms with Gasteiger partial charge >= 0.3 is 5.97 Å². The number of fused-ring (bicyclic) bond motifs is 1. The number of hydrogen-bond donors (Lipinski definition) is 0. The third-order valence-corrected chi connectivity index (χ3v) is 4.01. The smallest absolute Gasteiger partial charge is 0.309 e. The third kappa shape index (κ3) is 2.99. The van der Waals surface area contributed by atoms with E-state index in [4.69, 9.17) is 14.2 Å².